The molecule has 1 heterocycles. The van der Waals surface area contributed by atoms with Crippen molar-refractivity contribution in [1.29, 1.82) is 0 Å². The Hall–Kier alpha value is -1.55. The number of benzene rings is 1. The van der Waals surface area contributed by atoms with Gasteiger partial charge in [0.15, 0.2) is 0 Å². The van der Waals surface area contributed by atoms with Gasteiger partial charge in [-0.2, -0.15) is 0 Å². The van der Waals surface area contributed by atoms with Gasteiger partial charge < -0.3 is 15.3 Å². The topological polar surface area (TPSA) is 52.6 Å². The molecule has 0 aliphatic carbocycles. The Morgan fingerprint density at radius 1 is 1.37 bits per heavy atom. The number of rotatable bonds is 2. The summed E-state index contributed by atoms with van der Waals surface area (Å²) in [5.41, 5.74) is 3.35. The van der Waals surface area contributed by atoms with Crippen molar-refractivity contribution in [3.05, 3.63) is 29.3 Å². The van der Waals surface area contributed by atoms with E-state index < -0.39 is 6.04 Å². The molecule has 104 valence electrons. The molecule has 2 atom stereocenters. The first-order chi connectivity index (χ1) is 9.04. The normalized spacial score (nSPS) is 24.0. The monoisotopic (exact) mass is 262 g/mol. The molecule has 0 saturated carbocycles. The molecule has 2 N–H and O–H groups in total. The number of hydrogen-bond donors (Lipinski definition) is 2. The minimum atomic E-state index is -0.496. The fourth-order valence-corrected chi connectivity index (χ4v) is 2.75. The third kappa shape index (κ3) is 2.73. The molecule has 1 aromatic carbocycles. The molecule has 0 spiro atoms. The van der Waals surface area contributed by atoms with E-state index in [0.717, 1.165) is 29.8 Å². The fourth-order valence-electron chi connectivity index (χ4n) is 2.75. The molecule has 1 aliphatic rings. The van der Waals surface area contributed by atoms with Gasteiger partial charge in [0, 0.05) is 18.3 Å². The van der Waals surface area contributed by atoms with E-state index in [4.69, 9.17) is 0 Å². The van der Waals surface area contributed by atoms with Crippen LogP contribution in [0.1, 0.15) is 24.5 Å². The Balaban J connectivity index is 2.42. The number of aryl methyl sites for hydroxylation is 2. The zero-order chi connectivity index (χ0) is 14.0. The summed E-state index contributed by atoms with van der Waals surface area (Å²) in [6, 6.07) is 5.76. The largest absolute Gasteiger partial charge is 0.394 e. The van der Waals surface area contributed by atoms with Crippen LogP contribution in [0.25, 0.3) is 0 Å². The molecule has 19 heavy (non-hydrogen) atoms. The van der Waals surface area contributed by atoms with E-state index >= 15 is 0 Å². The first-order valence-electron chi connectivity index (χ1n) is 6.78. The zero-order valence-corrected chi connectivity index (χ0v) is 11.8. The smallest absolute Gasteiger partial charge is 0.245 e. The summed E-state index contributed by atoms with van der Waals surface area (Å²) < 4.78 is 0. The van der Waals surface area contributed by atoms with Gasteiger partial charge in [-0.05, 0) is 38.3 Å². The van der Waals surface area contributed by atoms with Gasteiger partial charge in [-0.1, -0.05) is 18.2 Å². The average Bonchev–Trinajstić information content (AvgIpc) is 2.48. The van der Waals surface area contributed by atoms with Gasteiger partial charge >= 0.3 is 0 Å². The second-order valence-corrected chi connectivity index (χ2v) is 5.33. The summed E-state index contributed by atoms with van der Waals surface area (Å²) in [6.45, 7) is 6.70. The van der Waals surface area contributed by atoms with Gasteiger partial charge in [0.2, 0.25) is 5.91 Å². The third-order valence-electron chi connectivity index (χ3n) is 3.77. The standard InChI is InChI=1S/C15H22N2O2/c1-10-5-4-6-11(2)14(10)17-8-7-12(3)16-15(19)13(17)9-18/h4-6,12-13,18H,7-9H2,1-3H3,(H,16,19). The van der Waals surface area contributed by atoms with Crippen LogP contribution in [0.4, 0.5) is 5.69 Å². The lowest BCUT2D eigenvalue weighted by Crippen LogP contribution is -2.48. The van der Waals surface area contributed by atoms with Crippen LogP contribution in [0.3, 0.4) is 0 Å². The highest BCUT2D eigenvalue weighted by Gasteiger charge is 2.31. The molecule has 1 fully saturated rings. The third-order valence-corrected chi connectivity index (χ3v) is 3.77. The Kier molecular flexibility index (Phi) is 4.10. The van der Waals surface area contributed by atoms with Gasteiger partial charge in [-0.15, -0.1) is 0 Å². The Morgan fingerprint density at radius 2 is 2.00 bits per heavy atom. The summed E-state index contributed by atoms with van der Waals surface area (Å²) in [7, 11) is 0. The lowest BCUT2D eigenvalue weighted by atomic mass is 10.1. The van der Waals surface area contributed by atoms with Gasteiger partial charge in [0.25, 0.3) is 0 Å². The molecule has 0 radical (unpaired) electrons. The van der Waals surface area contributed by atoms with Crippen LogP contribution in [0.15, 0.2) is 18.2 Å². The highest BCUT2D eigenvalue weighted by molar-refractivity contribution is 5.86. The number of aliphatic hydroxyl groups is 1. The maximum atomic E-state index is 12.1. The molecule has 4 heteroatoms. The SMILES string of the molecule is Cc1cccc(C)c1N1CCC(C)NC(=O)C1CO. The van der Waals surface area contributed by atoms with Crippen molar-refractivity contribution < 1.29 is 9.90 Å². The second kappa shape index (κ2) is 5.61. The van der Waals surface area contributed by atoms with Crippen LogP contribution in [0.5, 0.6) is 0 Å². The number of nitrogens with one attached hydrogen (secondary N) is 1. The second-order valence-electron chi connectivity index (χ2n) is 5.33. The molecule has 1 amide bonds. The van der Waals surface area contributed by atoms with E-state index in [9.17, 15) is 9.90 Å². The molecule has 2 rings (SSSR count). The first-order valence-corrected chi connectivity index (χ1v) is 6.78. The van der Waals surface area contributed by atoms with E-state index in [1.807, 2.05) is 43.9 Å². The van der Waals surface area contributed by atoms with Crippen molar-refractivity contribution in [2.75, 3.05) is 18.1 Å². The van der Waals surface area contributed by atoms with Crippen LogP contribution in [0.2, 0.25) is 0 Å². The van der Waals surface area contributed by atoms with Crippen molar-refractivity contribution in [2.45, 2.75) is 39.3 Å². The average molecular weight is 262 g/mol. The van der Waals surface area contributed by atoms with Crippen molar-refractivity contribution in [3.8, 4) is 0 Å². The van der Waals surface area contributed by atoms with Crippen LogP contribution in [-0.4, -0.2) is 36.2 Å². The molecule has 2 unspecified atom stereocenters. The Morgan fingerprint density at radius 3 is 2.58 bits per heavy atom. The number of hydrogen-bond acceptors (Lipinski definition) is 3. The number of para-hydroxylation sites is 1. The van der Waals surface area contributed by atoms with Crippen LogP contribution in [0, 0.1) is 13.8 Å². The minimum Gasteiger partial charge on any atom is -0.394 e. The summed E-state index contributed by atoms with van der Waals surface area (Å²) >= 11 is 0. The van der Waals surface area contributed by atoms with Gasteiger partial charge in [0.05, 0.1) is 6.61 Å². The van der Waals surface area contributed by atoms with E-state index in [0.29, 0.717) is 0 Å². The molecule has 4 nitrogen and oxygen atoms in total. The lowest BCUT2D eigenvalue weighted by Gasteiger charge is -2.31. The molecule has 1 aromatic rings. The summed E-state index contributed by atoms with van der Waals surface area (Å²) in [6.07, 6.45) is 0.885. The first kappa shape index (κ1) is 13.9. The van der Waals surface area contributed by atoms with Gasteiger partial charge in [-0.25, -0.2) is 0 Å². The maximum Gasteiger partial charge on any atom is 0.245 e. The predicted molar refractivity (Wildman–Crippen MR) is 76.4 cm³/mol. The highest BCUT2D eigenvalue weighted by Crippen LogP contribution is 2.27. The molecule has 0 aromatic heterocycles. The van der Waals surface area contributed by atoms with Crippen LogP contribution < -0.4 is 10.2 Å². The minimum absolute atomic E-state index is 0.0878. The highest BCUT2D eigenvalue weighted by atomic mass is 16.3. The quantitative estimate of drug-likeness (QED) is 0.846. The molecule has 1 saturated heterocycles. The van der Waals surface area contributed by atoms with Crippen molar-refractivity contribution in [1.82, 2.24) is 5.32 Å². The molecular formula is C15H22N2O2. The number of anilines is 1. The van der Waals surface area contributed by atoms with Crippen LogP contribution >= 0.6 is 0 Å². The predicted octanol–water partition coefficient (Wildman–Crippen LogP) is 1.38. The van der Waals surface area contributed by atoms with E-state index in [1.165, 1.54) is 0 Å². The Bertz CT molecular complexity index is 453. The summed E-state index contributed by atoms with van der Waals surface area (Å²) in [4.78, 5) is 14.2. The molecule has 1 aliphatic heterocycles. The van der Waals surface area contributed by atoms with Crippen molar-refractivity contribution >= 4 is 11.6 Å². The number of nitrogens with zero attached hydrogens (tertiary/aromatic N) is 1. The van der Waals surface area contributed by atoms with E-state index in [2.05, 4.69) is 5.32 Å². The van der Waals surface area contributed by atoms with Gasteiger partial charge in [-0.3, -0.25) is 4.79 Å². The number of carbonyl (C=O) groups excluding carboxylic acids is 1. The van der Waals surface area contributed by atoms with Crippen molar-refractivity contribution in [3.63, 3.8) is 0 Å². The fraction of sp³-hybridized carbons (Fsp3) is 0.533. The lowest BCUT2D eigenvalue weighted by molar-refractivity contribution is -0.123. The number of aliphatic hydroxyl groups excluding tert-OH is 1. The van der Waals surface area contributed by atoms with E-state index in [-0.39, 0.29) is 18.6 Å². The van der Waals surface area contributed by atoms with Crippen LogP contribution in [-0.2, 0) is 4.79 Å². The number of carbonyl (C=O) groups is 1. The Labute approximate surface area is 114 Å². The molecular weight excluding hydrogens is 240 g/mol. The number of amides is 1. The molecule has 0 bridgehead atoms. The summed E-state index contributed by atoms with van der Waals surface area (Å²) in [5.74, 6) is -0.0878. The van der Waals surface area contributed by atoms with E-state index in [1.54, 1.807) is 0 Å². The van der Waals surface area contributed by atoms with Crippen molar-refractivity contribution in [2.24, 2.45) is 0 Å². The maximum absolute atomic E-state index is 12.1. The zero-order valence-electron chi connectivity index (χ0n) is 11.8. The van der Waals surface area contributed by atoms with Gasteiger partial charge in [0.1, 0.15) is 6.04 Å². The summed E-state index contributed by atoms with van der Waals surface area (Å²) in [5, 5.41) is 12.5.